The average Bonchev–Trinajstić information content (AvgIpc) is 3.19. The summed E-state index contributed by atoms with van der Waals surface area (Å²) in [5.41, 5.74) is 4.58. The molecule has 26 heavy (non-hydrogen) atoms. The molecule has 0 atom stereocenters. The number of hydrogen-bond donors (Lipinski definition) is 1. The van der Waals surface area contributed by atoms with Gasteiger partial charge in [-0.1, -0.05) is 25.1 Å². The molecule has 4 nitrogen and oxygen atoms in total. The number of rotatable bonds is 6. The zero-order valence-electron chi connectivity index (χ0n) is 14.7. The van der Waals surface area contributed by atoms with Gasteiger partial charge in [-0.25, -0.2) is 4.98 Å². The molecule has 0 fully saturated rings. The molecule has 3 aromatic rings. The lowest BCUT2D eigenvalue weighted by Gasteiger charge is -2.07. The Bertz CT molecular complexity index is 952. The molecule has 0 unspecified atom stereocenters. The molecule has 1 N–H and O–H groups in total. The summed E-state index contributed by atoms with van der Waals surface area (Å²) >= 11 is 1.46. The van der Waals surface area contributed by atoms with Gasteiger partial charge in [0.1, 0.15) is 22.4 Å². The van der Waals surface area contributed by atoms with Crippen molar-refractivity contribution >= 4 is 22.6 Å². The fourth-order valence-electron chi connectivity index (χ4n) is 2.55. The number of ether oxygens (including phenoxy) is 1. The molecule has 0 bridgehead atoms. The Balaban J connectivity index is 1.82. The fourth-order valence-corrected chi connectivity index (χ4v) is 3.35. The number of para-hydroxylation sites is 1. The molecule has 1 heterocycles. The minimum absolute atomic E-state index is 0.515. The van der Waals surface area contributed by atoms with E-state index in [0.29, 0.717) is 10.6 Å². The standard InChI is InChI=1S/C21H19N3OS/c1-3-15-6-4-5-7-19(15)23-13-17(12-22)21-24-20(14-26-21)16-8-10-18(25-2)11-9-16/h4-11,13-14,23H,3H2,1-2H3/b17-13+. The lowest BCUT2D eigenvalue weighted by atomic mass is 10.1. The highest BCUT2D eigenvalue weighted by Gasteiger charge is 2.09. The molecule has 0 saturated carbocycles. The summed E-state index contributed by atoms with van der Waals surface area (Å²) in [6.07, 6.45) is 2.66. The topological polar surface area (TPSA) is 57.9 Å². The van der Waals surface area contributed by atoms with Crippen molar-refractivity contribution in [2.24, 2.45) is 0 Å². The van der Waals surface area contributed by atoms with Gasteiger partial charge in [0.05, 0.1) is 12.8 Å². The highest BCUT2D eigenvalue weighted by atomic mass is 32.1. The summed E-state index contributed by atoms with van der Waals surface area (Å²) < 4.78 is 5.18. The van der Waals surface area contributed by atoms with E-state index in [1.54, 1.807) is 13.3 Å². The molecular weight excluding hydrogens is 342 g/mol. The number of benzene rings is 2. The highest BCUT2D eigenvalue weighted by Crippen LogP contribution is 2.27. The third-order valence-corrected chi connectivity index (χ3v) is 4.89. The Morgan fingerprint density at radius 1 is 1.23 bits per heavy atom. The van der Waals surface area contributed by atoms with E-state index in [2.05, 4.69) is 29.4 Å². The first-order valence-corrected chi connectivity index (χ1v) is 9.18. The molecule has 1 aromatic heterocycles. The normalized spacial score (nSPS) is 11.0. The van der Waals surface area contributed by atoms with E-state index >= 15 is 0 Å². The minimum Gasteiger partial charge on any atom is -0.497 e. The van der Waals surface area contributed by atoms with E-state index in [4.69, 9.17) is 4.74 Å². The summed E-state index contributed by atoms with van der Waals surface area (Å²) in [6, 6.07) is 18.0. The van der Waals surface area contributed by atoms with Gasteiger partial charge in [0.2, 0.25) is 0 Å². The first kappa shape index (κ1) is 17.7. The maximum absolute atomic E-state index is 9.52. The van der Waals surface area contributed by atoms with E-state index in [9.17, 15) is 5.26 Å². The van der Waals surface area contributed by atoms with Gasteiger partial charge in [-0.2, -0.15) is 5.26 Å². The van der Waals surface area contributed by atoms with Gasteiger partial charge in [-0.15, -0.1) is 11.3 Å². The summed E-state index contributed by atoms with van der Waals surface area (Å²) in [7, 11) is 1.64. The Hall–Kier alpha value is -3.10. The van der Waals surface area contributed by atoms with Crippen LogP contribution in [-0.4, -0.2) is 12.1 Å². The largest absolute Gasteiger partial charge is 0.497 e. The second kappa shape index (κ2) is 8.32. The monoisotopic (exact) mass is 361 g/mol. The molecule has 0 radical (unpaired) electrons. The van der Waals surface area contributed by atoms with Crippen molar-refractivity contribution in [3.63, 3.8) is 0 Å². The number of methoxy groups -OCH3 is 1. The zero-order valence-corrected chi connectivity index (χ0v) is 15.5. The van der Waals surface area contributed by atoms with Crippen LogP contribution in [-0.2, 0) is 6.42 Å². The molecule has 0 spiro atoms. The molecule has 130 valence electrons. The predicted octanol–water partition coefficient (Wildman–Crippen LogP) is 5.36. The second-order valence-electron chi connectivity index (χ2n) is 5.59. The van der Waals surface area contributed by atoms with Crippen molar-refractivity contribution in [3.8, 4) is 23.1 Å². The molecular formula is C21H19N3OS. The third kappa shape index (κ3) is 3.93. The number of nitrogens with zero attached hydrogens (tertiary/aromatic N) is 2. The van der Waals surface area contributed by atoms with Crippen molar-refractivity contribution < 1.29 is 4.74 Å². The van der Waals surface area contributed by atoms with Crippen LogP contribution >= 0.6 is 11.3 Å². The number of anilines is 1. The maximum atomic E-state index is 9.52. The van der Waals surface area contributed by atoms with Crippen LogP contribution in [0, 0.1) is 11.3 Å². The van der Waals surface area contributed by atoms with Crippen molar-refractivity contribution in [3.05, 3.63) is 70.7 Å². The molecule has 0 amide bonds. The zero-order chi connectivity index (χ0) is 18.4. The summed E-state index contributed by atoms with van der Waals surface area (Å²) in [4.78, 5) is 4.61. The molecule has 2 aromatic carbocycles. The average molecular weight is 361 g/mol. The van der Waals surface area contributed by atoms with Gasteiger partial charge >= 0.3 is 0 Å². The summed E-state index contributed by atoms with van der Waals surface area (Å²) in [5, 5.41) is 15.4. The van der Waals surface area contributed by atoms with Crippen molar-refractivity contribution in [2.75, 3.05) is 12.4 Å². The van der Waals surface area contributed by atoms with Gasteiger partial charge in [-0.05, 0) is 42.3 Å². The minimum atomic E-state index is 0.515. The first-order valence-electron chi connectivity index (χ1n) is 8.30. The number of aromatic nitrogens is 1. The Morgan fingerprint density at radius 3 is 2.69 bits per heavy atom. The lowest BCUT2D eigenvalue weighted by Crippen LogP contribution is -1.95. The number of thiazole rings is 1. The van der Waals surface area contributed by atoms with Crippen molar-refractivity contribution in [1.82, 2.24) is 4.98 Å². The number of nitrogens with one attached hydrogen (secondary N) is 1. The molecule has 3 rings (SSSR count). The van der Waals surface area contributed by atoms with Crippen LogP contribution in [0.1, 0.15) is 17.5 Å². The van der Waals surface area contributed by atoms with Crippen LogP contribution in [0.2, 0.25) is 0 Å². The molecule has 0 aliphatic carbocycles. The predicted molar refractivity (Wildman–Crippen MR) is 107 cm³/mol. The number of nitriles is 1. The Kier molecular flexibility index (Phi) is 5.67. The van der Waals surface area contributed by atoms with E-state index < -0.39 is 0 Å². The van der Waals surface area contributed by atoms with Crippen LogP contribution < -0.4 is 10.1 Å². The lowest BCUT2D eigenvalue weighted by molar-refractivity contribution is 0.415. The number of allylic oxidation sites excluding steroid dienone is 1. The summed E-state index contributed by atoms with van der Waals surface area (Å²) in [5.74, 6) is 0.806. The molecule has 0 aliphatic rings. The van der Waals surface area contributed by atoms with Crippen LogP contribution in [0.25, 0.3) is 16.8 Å². The SMILES string of the molecule is CCc1ccccc1N/C=C(\C#N)c1nc(-c2ccc(OC)cc2)cs1. The van der Waals surface area contributed by atoms with E-state index in [1.165, 1.54) is 16.9 Å². The van der Waals surface area contributed by atoms with Gasteiger partial charge < -0.3 is 10.1 Å². The van der Waals surface area contributed by atoms with Crippen molar-refractivity contribution in [2.45, 2.75) is 13.3 Å². The van der Waals surface area contributed by atoms with Crippen LogP contribution in [0.4, 0.5) is 5.69 Å². The quantitative estimate of drug-likeness (QED) is 0.601. The van der Waals surface area contributed by atoms with E-state index in [0.717, 1.165) is 29.1 Å². The second-order valence-corrected chi connectivity index (χ2v) is 6.45. The maximum Gasteiger partial charge on any atom is 0.136 e. The van der Waals surface area contributed by atoms with Crippen LogP contribution in [0.5, 0.6) is 5.75 Å². The van der Waals surface area contributed by atoms with E-state index in [1.807, 2.05) is 47.8 Å². The first-order chi connectivity index (χ1) is 12.7. The molecule has 0 saturated heterocycles. The Morgan fingerprint density at radius 2 is 2.00 bits per heavy atom. The van der Waals surface area contributed by atoms with Gasteiger partial charge in [0.25, 0.3) is 0 Å². The van der Waals surface area contributed by atoms with Gasteiger partial charge in [-0.3, -0.25) is 0 Å². The highest BCUT2D eigenvalue weighted by molar-refractivity contribution is 7.11. The van der Waals surface area contributed by atoms with Crippen molar-refractivity contribution in [1.29, 1.82) is 5.26 Å². The Labute approximate surface area is 157 Å². The third-order valence-electron chi connectivity index (χ3n) is 4.01. The summed E-state index contributed by atoms with van der Waals surface area (Å²) in [6.45, 7) is 2.11. The van der Waals surface area contributed by atoms with E-state index in [-0.39, 0.29) is 0 Å². The smallest absolute Gasteiger partial charge is 0.136 e. The number of aryl methyl sites for hydroxylation is 1. The van der Waals surface area contributed by atoms with Crippen LogP contribution in [0.15, 0.2) is 60.1 Å². The molecule has 0 aliphatic heterocycles. The number of hydrogen-bond acceptors (Lipinski definition) is 5. The van der Waals surface area contributed by atoms with Crippen LogP contribution in [0.3, 0.4) is 0 Å². The van der Waals surface area contributed by atoms with Gasteiger partial charge in [0.15, 0.2) is 0 Å². The fraction of sp³-hybridized carbons (Fsp3) is 0.143. The molecule has 5 heteroatoms. The van der Waals surface area contributed by atoms with Gasteiger partial charge in [0, 0.05) is 22.8 Å².